The molecule has 5 heteroatoms. The van der Waals surface area contributed by atoms with Crippen LogP contribution < -0.4 is 5.73 Å². The number of nitrogens with zero attached hydrogens (tertiary/aromatic N) is 1. The maximum Gasteiger partial charge on any atom is 0.116 e. The lowest BCUT2D eigenvalue weighted by Gasteiger charge is -2.00. The van der Waals surface area contributed by atoms with Gasteiger partial charge in [-0.3, -0.25) is 5.10 Å². The van der Waals surface area contributed by atoms with E-state index >= 15 is 0 Å². The maximum absolute atomic E-state index is 9.56. The predicted molar refractivity (Wildman–Crippen MR) is 66.7 cm³/mol. The van der Waals surface area contributed by atoms with Crippen molar-refractivity contribution in [1.82, 2.24) is 15.2 Å². The van der Waals surface area contributed by atoms with Crippen LogP contribution in [0, 0.1) is 6.92 Å². The highest BCUT2D eigenvalue weighted by Gasteiger charge is 2.14. The molecule has 2 aromatic heterocycles. The molecule has 3 aromatic rings. The molecule has 0 unspecified atom stereocenters. The summed E-state index contributed by atoms with van der Waals surface area (Å²) in [5, 5.41) is 17.3. The van der Waals surface area contributed by atoms with Gasteiger partial charge in [0.05, 0.1) is 17.6 Å². The number of aromatic nitrogens is 3. The fourth-order valence-electron chi connectivity index (χ4n) is 2.13. The largest absolute Gasteiger partial charge is 0.508 e. The van der Waals surface area contributed by atoms with Crippen molar-refractivity contribution < 1.29 is 5.11 Å². The van der Waals surface area contributed by atoms with E-state index < -0.39 is 0 Å². The van der Waals surface area contributed by atoms with Crippen LogP contribution in [0.1, 0.15) is 5.69 Å². The van der Waals surface area contributed by atoms with Crippen molar-refractivity contribution in [3.05, 3.63) is 30.1 Å². The molecule has 86 valence electrons. The van der Waals surface area contributed by atoms with Crippen LogP contribution in [0.3, 0.4) is 0 Å². The van der Waals surface area contributed by atoms with Crippen molar-refractivity contribution >= 4 is 16.6 Å². The number of aromatic amines is 2. The van der Waals surface area contributed by atoms with Gasteiger partial charge in [0.25, 0.3) is 0 Å². The first-order valence-electron chi connectivity index (χ1n) is 5.27. The van der Waals surface area contributed by atoms with Crippen LogP contribution in [0.15, 0.2) is 24.4 Å². The molecular weight excluding hydrogens is 216 g/mol. The van der Waals surface area contributed by atoms with Gasteiger partial charge in [0.15, 0.2) is 0 Å². The molecule has 1 aromatic carbocycles. The number of hydrogen-bond donors (Lipinski definition) is 4. The first-order chi connectivity index (χ1) is 8.16. The van der Waals surface area contributed by atoms with Crippen LogP contribution >= 0.6 is 0 Å². The van der Waals surface area contributed by atoms with E-state index in [-0.39, 0.29) is 5.75 Å². The first kappa shape index (κ1) is 9.77. The number of fused-ring (bicyclic) bond motifs is 1. The van der Waals surface area contributed by atoms with Gasteiger partial charge in [-0.05, 0) is 25.1 Å². The number of phenolic OH excluding ortho intramolecular Hbond substituents is 1. The molecule has 0 atom stereocenters. The lowest BCUT2D eigenvalue weighted by atomic mass is 10.1. The number of aryl methyl sites for hydroxylation is 1. The van der Waals surface area contributed by atoms with Gasteiger partial charge in [-0.15, -0.1) is 0 Å². The molecule has 0 aliphatic heterocycles. The summed E-state index contributed by atoms with van der Waals surface area (Å²) in [5.41, 5.74) is 10.1. The van der Waals surface area contributed by atoms with Gasteiger partial charge in [0.2, 0.25) is 0 Å². The van der Waals surface area contributed by atoms with E-state index in [1.807, 2.05) is 13.0 Å². The van der Waals surface area contributed by atoms with Crippen LogP contribution in [0.4, 0.5) is 5.69 Å². The Kier molecular flexibility index (Phi) is 1.89. The topological polar surface area (TPSA) is 90.7 Å². The number of phenols is 1. The Morgan fingerprint density at radius 2 is 2.18 bits per heavy atom. The molecule has 0 amide bonds. The summed E-state index contributed by atoms with van der Waals surface area (Å²) in [6, 6.07) is 5.21. The number of rotatable bonds is 1. The fourth-order valence-corrected chi connectivity index (χ4v) is 2.13. The van der Waals surface area contributed by atoms with Gasteiger partial charge < -0.3 is 15.8 Å². The minimum atomic E-state index is 0.232. The minimum absolute atomic E-state index is 0.232. The van der Waals surface area contributed by atoms with E-state index in [4.69, 9.17) is 5.73 Å². The van der Waals surface area contributed by atoms with E-state index in [0.717, 1.165) is 27.9 Å². The molecule has 0 saturated heterocycles. The molecule has 0 aliphatic rings. The summed E-state index contributed by atoms with van der Waals surface area (Å²) < 4.78 is 0. The quantitative estimate of drug-likeness (QED) is 0.514. The zero-order valence-electron chi connectivity index (χ0n) is 9.28. The lowest BCUT2D eigenvalue weighted by molar-refractivity contribution is 0.476. The normalized spacial score (nSPS) is 11.1. The molecule has 0 aliphatic carbocycles. The Morgan fingerprint density at radius 1 is 1.35 bits per heavy atom. The van der Waals surface area contributed by atoms with Crippen molar-refractivity contribution in [2.24, 2.45) is 0 Å². The molecular formula is C12H12N4O. The molecule has 5 nitrogen and oxygen atoms in total. The highest BCUT2D eigenvalue weighted by molar-refractivity contribution is 5.99. The molecule has 2 heterocycles. The maximum atomic E-state index is 9.56. The van der Waals surface area contributed by atoms with E-state index in [1.54, 1.807) is 18.3 Å². The smallest absolute Gasteiger partial charge is 0.116 e. The van der Waals surface area contributed by atoms with Crippen LogP contribution in [0.2, 0.25) is 0 Å². The van der Waals surface area contributed by atoms with Gasteiger partial charge >= 0.3 is 0 Å². The summed E-state index contributed by atoms with van der Waals surface area (Å²) in [6.45, 7) is 1.96. The van der Waals surface area contributed by atoms with E-state index in [9.17, 15) is 5.11 Å². The number of nitrogens with one attached hydrogen (secondary N) is 2. The van der Waals surface area contributed by atoms with Crippen LogP contribution in [-0.2, 0) is 0 Å². The number of H-pyrrole nitrogens is 2. The second-order valence-corrected chi connectivity index (χ2v) is 4.06. The van der Waals surface area contributed by atoms with Gasteiger partial charge in [0.1, 0.15) is 5.75 Å². The Hall–Kier alpha value is -2.43. The number of nitrogen functional groups attached to an aromatic ring is 1. The average molecular weight is 228 g/mol. The third-order valence-electron chi connectivity index (χ3n) is 2.89. The van der Waals surface area contributed by atoms with E-state index in [1.165, 1.54) is 0 Å². The van der Waals surface area contributed by atoms with Gasteiger partial charge in [-0.1, -0.05) is 0 Å². The van der Waals surface area contributed by atoms with Crippen molar-refractivity contribution in [1.29, 1.82) is 0 Å². The monoisotopic (exact) mass is 228 g/mol. The number of hydrogen-bond acceptors (Lipinski definition) is 3. The molecule has 0 fully saturated rings. The van der Waals surface area contributed by atoms with Gasteiger partial charge in [-0.2, -0.15) is 5.10 Å². The molecule has 0 bridgehead atoms. The zero-order chi connectivity index (χ0) is 12.0. The molecule has 5 N–H and O–H groups in total. The Bertz CT molecular complexity index is 696. The SMILES string of the molecule is Cc1[nH]c2ccc(O)cc2c1-c1[nH]ncc1N. The standard InChI is InChI=1S/C12H12N4O/c1-6-11(12-9(13)5-14-16-12)8-4-7(17)2-3-10(8)15-6/h2-5,15,17H,13H2,1H3,(H,14,16). The fraction of sp³-hybridized carbons (Fsp3) is 0.0833. The molecule has 3 rings (SSSR count). The van der Waals surface area contributed by atoms with E-state index in [2.05, 4.69) is 15.2 Å². The molecule has 0 radical (unpaired) electrons. The second-order valence-electron chi connectivity index (χ2n) is 4.06. The predicted octanol–water partition coefficient (Wildman–Crippen LogP) is 2.15. The van der Waals surface area contributed by atoms with Gasteiger partial charge in [0, 0.05) is 22.2 Å². The zero-order valence-corrected chi connectivity index (χ0v) is 9.28. The molecule has 0 saturated carbocycles. The summed E-state index contributed by atoms with van der Waals surface area (Å²) in [6.07, 6.45) is 1.58. The number of benzene rings is 1. The summed E-state index contributed by atoms with van der Waals surface area (Å²) in [4.78, 5) is 3.26. The number of aromatic hydroxyl groups is 1. The number of nitrogens with two attached hydrogens (primary N) is 1. The first-order valence-corrected chi connectivity index (χ1v) is 5.27. The van der Waals surface area contributed by atoms with Crippen molar-refractivity contribution in [2.45, 2.75) is 6.92 Å². The Morgan fingerprint density at radius 3 is 2.88 bits per heavy atom. The highest BCUT2D eigenvalue weighted by Crippen LogP contribution is 2.35. The minimum Gasteiger partial charge on any atom is -0.508 e. The van der Waals surface area contributed by atoms with Crippen LogP contribution in [-0.4, -0.2) is 20.3 Å². The highest BCUT2D eigenvalue weighted by atomic mass is 16.3. The average Bonchev–Trinajstić information content (AvgIpc) is 2.81. The third-order valence-corrected chi connectivity index (χ3v) is 2.89. The molecule has 17 heavy (non-hydrogen) atoms. The van der Waals surface area contributed by atoms with Crippen molar-refractivity contribution in [2.75, 3.05) is 5.73 Å². The summed E-state index contributed by atoms with van der Waals surface area (Å²) >= 11 is 0. The lowest BCUT2D eigenvalue weighted by Crippen LogP contribution is -1.87. The second kappa shape index (κ2) is 3.28. The molecule has 0 spiro atoms. The van der Waals surface area contributed by atoms with Crippen LogP contribution in [0.5, 0.6) is 5.75 Å². The summed E-state index contributed by atoms with van der Waals surface area (Å²) in [5.74, 6) is 0.232. The van der Waals surface area contributed by atoms with Crippen molar-refractivity contribution in [3.8, 4) is 17.0 Å². The third kappa shape index (κ3) is 1.36. The van der Waals surface area contributed by atoms with E-state index in [0.29, 0.717) is 5.69 Å². The van der Waals surface area contributed by atoms with Gasteiger partial charge in [-0.25, -0.2) is 0 Å². The van der Waals surface area contributed by atoms with Crippen LogP contribution in [0.25, 0.3) is 22.2 Å². The Balaban J connectivity index is 2.39. The number of anilines is 1. The summed E-state index contributed by atoms with van der Waals surface area (Å²) in [7, 11) is 0. The van der Waals surface area contributed by atoms with Crippen molar-refractivity contribution in [3.63, 3.8) is 0 Å². The Labute approximate surface area is 97.3 Å².